The summed E-state index contributed by atoms with van der Waals surface area (Å²) in [5.41, 5.74) is -2.92. The van der Waals surface area contributed by atoms with Gasteiger partial charge in [0, 0.05) is 5.56 Å². The molecule has 6 heteroatoms. The van der Waals surface area contributed by atoms with Crippen LogP contribution in [0.2, 0.25) is 0 Å². The summed E-state index contributed by atoms with van der Waals surface area (Å²) in [7, 11) is 0. The highest BCUT2D eigenvalue weighted by atomic mass is 19.2. The summed E-state index contributed by atoms with van der Waals surface area (Å²) in [5.74, 6) is -10.3. The van der Waals surface area contributed by atoms with Gasteiger partial charge in [0.15, 0.2) is 23.3 Å². The molecule has 0 aliphatic rings. The quantitative estimate of drug-likeness (QED) is 0.416. The zero-order valence-electron chi connectivity index (χ0n) is 8.34. The Morgan fingerprint density at radius 3 is 1.44 bits per heavy atom. The molecule has 86 valence electrons. The summed E-state index contributed by atoms with van der Waals surface area (Å²) in [4.78, 5) is 0. The van der Waals surface area contributed by atoms with E-state index in [0.717, 1.165) is 13.8 Å². The normalized spacial score (nSPS) is 11.4. The van der Waals surface area contributed by atoms with E-state index in [4.69, 9.17) is 5.26 Å². The lowest BCUT2D eigenvalue weighted by Gasteiger charge is -2.18. The van der Waals surface area contributed by atoms with Crippen LogP contribution in [0, 0.1) is 40.4 Å². The second-order valence-electron chi connectivity index (χ2n) is 3.68. The van der Waals surface area contributed by atoms with Crippen molar-refractivity contribution < 1.29 is 22.0 Å². The molecule has 0 radical (unpaired) electrons. The first-order chi connectivity index (χ1) is 7.24. The Morgan fingerprint density at radius 2 is 1.12 bits per heavy atom. The number of hydrogen-bond acceptors (Lipinski definition) is 1. The minimum absolute atomic E-state index is 1.06. The Labute approximate surface area is 88.1 Å². The van der Waals surface area contributed by atoms with Crippen LogP contribution in [0.4, 0.5) is 22.0 Å². The maximum Gasteiger partial charge on any atom is 0.200 e. The lowest BCUT2D eigenvalue weighted by molar-refractivity contribution is 0.360. The molecule has 0 saturated heterocycles. The Morgan fingerprint density at radius 1 is 0.812 bits per heavy atom. The summed E-state index contributed by atoms with van der Waals surface area (Å²) in [6.45, 7) is 2.12. The van der Waals surface area contributed by atoms with Gasteiger partial charge in [0.05, 0.1) is 11.5 Å². The number of hydrogen-bond donors (Lipinski definition) is 0. The van der Waals surface area contributed by atoms with Crippen molar-refractivity contribution in [2.24, 2.45) is 0 Å². The lowest BCUT2D eigenvalue weighted by atomic mass is 9.85. The molecule has 0 spiro atoms. The number of benzene rings is 1. The molecule has 0 aliphatic carbocycles. The third-order valence-corrected chi connectivity index (χ3v) is 2.11. The fourth-order valence-corrected chi connectivity index (χ4v) is 1.21. The van der Waals surface area contributed by atoms with Crippen molar-refractivity contribution in [3.63, 3.8) is 0 Å². The first kappa shape index (κ1) is 12.4. The Kier molecular flexibility index (Phi) is 2.91. The van der Waals surface area contributed by atoms with Crippen molar-refractivity contribution in [1.82, 2.24) is 0 Å². The van der Waals surface area contributed by atoms with Gasteiger partial charge in [-0.05, 0) is 13.8 Å². The van der Waals surface area contributed by atoms with Gasteiger partial charge in [-0.1, -0.05) is 0 Å². The van der Waals surface area contributed by atoms with Crippen molar-refractivity contribution in [3.05, 3.63) is 34.6 Å². The number of nitrogens with zero attached hydrogens (tertiary/aromatic N) is 1. The van der Waals surface area contributed by atoms with E-state index in [1.165, 1.54) is 6.07 Å². The Balaban J connectivity index is 3.73. The van der Waals surface area contributed by atoms with Gasteiger partial charge < -0.3 is 0 Å². The zero-order valence-corrected chi connectivity index (χ0v) is 8.34. The summed E-state index contributed by atoms with van der Waals surface area (Å²) in [5, 5.41) is 8.63. The molecule has 0 amide bonds. The van der Waals surface area contributed by atoms with E-state index < -0.39 is 40.1 Å². The van der Waals surface area contributed by atoms with Crippen LogP contribution in [0.1, 0.15) is 19.4 Å². The standard InChI is InChI=1S/C10H6F5N/c1-10(2,3-16)4-5(11)7(13)9(15)8(14)6(4)12/h1-2H3. The summed E-state index contributed by atoms with van der Waals surface area (Å²) >= 11 is 0. The van der Waals surface area contributed by atoms with Crippen molar-refractivity contribution in [2.45, 2.75) is 19.3 Å². The molecule has 16 heavy (non-hydrogen) atoms. The molecule has 1 aromatic rings. The molecule has 0 unspecified atom stereocenters. The van der Waals surface area contributed by atoms with E-state index in [-0.39, 0.29) is 0 Å². The van der Waals surface area contributed by atoms with E-state index >= 15 is 0 Å². The third-order valence-electron chi connectivity index (χ3n) is 2.11. The maximum absolute atomic E-state index is 13.2. The molecule has 1 aromatic carbocycles. The van der Waals surface area contributed by atoms with Crippen LogP contribution in [-0.2, 0) is 5.41 Å². The van der Waals surface area contributed by atoms with Crippen LogP contribution < -0.4 is 0 Å². The van der Waals surface area contributed by atoms with Gasteiger partial charge in [-0.2, -0.15) is 5.26 Å². The van der Waals surface area contributed by atoms with E-state index in [9.17, 15) is 22.0 Å². The molecular formula is C10H6F5N. The van der Waals surface area contributed by atoms with E-state index in [1.807, 2.05) is 0 Å². The van der Waals surface area contributed by atoms with Gasteiger partial charge in [-0.15, -0.1) is 0 Å². The number of nitriles is 1. The van der Waals surface area contributed by atoms with Gasteiger partial charge in [-0.3, -0.25) is 0 Å². The molecule has 1 rings (SSSR count). The average molecular weight is 235 g/mol. The second kappa shape index (κ2) is 3.74. The lowest BCUT2D eigenvalue weighted by Crippen LogP contribution is -2.21. The fraction of sp³-hybridized carbons (Fsp3) is 0.300. The molecule has 0 atom stereocenters. The van der Waals surface area contributed by atoms with E-state index in [1.54, 1.807) is 0 Å². The Bertz CT molecular complexity index is 458. The molecule has 0 aliphatic heterocycles. The van der Waals surface area contributed by atoms with Gasteiger partial charge in [0.2, 0.25) is 5.82 Å². The van der Waals surface area contributed by atoms with Crippen LogP contribution >= 0.6 is 0 Å². The summed E-state index contributed by atoms with van der Waals surface area (Å²) in [6, 6.07) is 1.48. The first-order valence-electron chi connectivity index (χ1n) is 4.17. The summed E-state index contributed by atoms with van der Waals surface area (Å²) < 4.78 is 64.7. The molecule has 0 fully saturated rings. The van der Waals surface area contributed by atoms with Crippen LogP contribution in [0.15, 0.2) is 0 Å². The number of rotatable bonds is 1. The smallest absolute Gasteiger partial charge is 0.200 e. The molecular weight excluding hydrogens is 229 g/mol. The number of halogens is 5. The van der Waals surface area contributed by atoms with Crippen LogP contribution in [-0.4, -0.2) is 0 Å². The SMILES string of the molecule is CC(C)(C#N)c1c(F)c(F)c(F)c(F)c1F. The van der Waals surface area contributed by atoms with E-state index in [2.05, 4.69) is 0 Å². The highest BCUT2D eigenvalue weighted by molar-refractivity contribution is 5.34. The monoisotopic (exact) mass is 235 g/mol. The Hall–Kier alpha value is -1.64. The van der Waals surface area contributed by atoms with Gasteiger partial charge >= 0.3 is 0 Å². The molecule has 0 heterocycles. The first-order valence-corrected chi connectivity index (χ1v) is 4.17. The predicted octanol–water partition coefficient (Wildman–Crippen LogP) is 3.18. The topological polar surface area (TPSA) is 23.8 Å². The molecule has 0 saturated carbocycles. The van der Waals surface area contributed by atoms with Crippen LogP contribution in [0.5, 0.6) is 0 Å². The maximum atomic E-state index is 13.2. The van der Waals surface area contributed by atoms with E-state index in [0.29, 0.717) is 0 Å². The minimum atomic E-state index is -2.23. The third kappa shape index (κ3) is 1.62. The highest BCUT2D eigenvalue weighted by Crippen LogP contribution is 2.32. The average Bonchev–Trinajstić information content (AvgIpc) is 2.23. The molecule has 0 aromatic heterocycles. The minimum Gasteiger partial charge on any atom is -0.203 e. The predicted molar refractivity (Wildman–Crippen MR) is 44.9 cm³/mol. The summed E-state index contributed by atoms with van der Waals surface area (Å²) in [6.07, 6.45) is 0. The highest BCUT2D eigenvalue weighted by Gasteiger charge is 2.34. The van der Waals surface area contributed by atoms with Gasteiger partial charge in [0.1, 0.15) is 0 Å². The van der Waals surface area contributed by atoms with Gasteiger partial charge in [0.25, 0.3) is 0 Å². The zero-order chi connectivity index (χ0) is 12.7. The van der Waals surface area contributed by atoms with Gasteiger partial charge in [-0.25, -0.2) is 22.0 Å². The molecule has 0 bridgehead atoms. The second-order valence-corrected chi connectivity index (χ2v) is 3.68. The molecule has 1 nitrogen and oxygen atoms in total. The van der Waals surface area contributed by atoms with Crippen molar-refractivity contribution >= 4 is 0 Å². The van der Waals surface area contributed by atoms with Crippen molar-refractivity contribution in [3.8, 4) is 6.07 Å². The van der Waals surface area contributed by atoms with Crippen LogP contribution in [0.25, 0.3) is 0 Å². The van der Waals surface area contributed by atoms with Crippen molar-refractivity contribution in [2.75, 3.05) is 0 Å². The fourth-order valence-electron chi connectivity index (χ4n) is 1.21. The van der Waals surface area contributed by atoms with Crippen LogP contribution in [0.3, 0.4) is 0 Å². The largest absolute Gasteiger partial charge is 0.203 e. The van der Waals surface area contributed by atoms with Crippen molar-refractivity contribution in [1.29, 1.82) is 5.26 Å². The molecule has 0 N–H and O–H groups in total.